The van der Waals surface area contributed by atoms with Crippen LogP contribution in [0.5, 0.6) is 0 Å². The van der Waals surface area contributed by atoms with Gasteiger partial charge in [0, 0.05) is 24.5 Å². The Hall–Kier alpha value is 0.160. The third kappa shape index (κ3) is 3.59. The Kier molecular flexibility index (Phi) is 4.92. The van der Waals surface area contributed by atoms with Gasteiger partial charge < -0.3 is 0 Å². The molecule has 1 heterocycles. The molecular formula is C12H23ClN2O2S. The zero-order valence-corrected chi connectivity index (χ0v) is 12.5. The van der Waals surface area contributed by atoms with Crippen molar-refractivity contribution in [2.24, 2.45) is 5.92 Å². The van der Waals surface area contributed by atoms with Crippen LogP contribution < -0.4 is 4.72 Å². The van der Waals surface area contributed by atoms with Gasteiger partial charge in [-0.25, -0.2) is 0 Å². The van der Waals surface area contributed by atoms with Crippen molar-refractivity contribution in [3.05, 3.63) is 0 Å². The summed E-state index contributed by atoms with van der Waals surface area (Å²) in [5, 5.41) is -0.0581. The van der Waals surface area contributed by atoms with Crippen molar-refractivity contribution in [2.45, 2.75) is 56.9 Å². The lowest BCUT2D eigenvalue weighted by molar-refractivity contribution is 0.281. The van der Waals surface area contributed by atoms with Crippen molar-refractivity contribution in [1.29, 1.82) is 0 Å². The first-order valence-electron chi connectivity index (χ1n) is 6.90. The van der Waals surface area contributed by atoms with Crippen molar-refractivity contribution in [3.8, 4) is 0 Å². The topological polar surface area (TPSA) is 49.4 Å². The van der Waals surface area contributed by atoms with Gasteiger partial charge in [0.2, 0.25) is 0 Å². The minimum absolute atomic E-state index is 0.0581. The highest BCUT2D eigenvalue weighted by Crippen LogP contribution is 2.25. The average molecular weight is 295 g/mol. The maximum Gasteiger partial charge on any atom is 0.279 e. The molecule has 106 valence electrons. The number of piperidine rings is 1. The molecule has 0 aromatic carbocycles. The van der Waals surface area contributed by atoms with E-state index in [0.717, 1.165) is 38.5 Å². The molecule has 1 saturated heterocycles. The van der Waals surface area contributed by atoms with Gasteiger partial charge >= 0.3 is 0 Å². The maximum absolute atomic E-state index is 12.3. The van der Waals surface area contributed by atoms with Crippen LogP contribution in [-0.4, -0.2) is 37.2 Å². The smallest absolute Gasteiger partial charge is 0.198 e. The molecule has 2 unspecified atom stereocenters. The minimum Gasteiger partial charge on any atom is -0.198 e. The fourth-order valence-electron chi connectivity index (χ4n) is 2.71. The Morgan fingerprint density at radius 2 is 1.72 bits per heavy atom. The van der Waals surface area contributed by atoms with Gasteiger partial charge in [0.1, 0.15) is 0 Å². The van der Waals surface area contributed by atoms with Crippen LogP contribution in [0.15, 0.2) is 0 Å². The molecule has 6 heteroatoms. The number of hydrogen-bond donors (Lipinski definition) is 1. The van der Waals surface area contributed by atoms with Crippen LogP contribution in [0.3, 0.4) is 0 Å². The zero-order valence-electron chi connectivity index (χ0n) is 10.9. The molecule has 18 heavy (non-hydrogen) atoms. The van der Waals surface area contributed by atoms with Crippen molar-refractivity contribution < 1.29 is 8.42 Å². The van der Waals surface area contributed by atoms with Gasteiger partial charge in [-0.2, -0.15) is 17.4 Å². The first-order valence-corrected chi connectivity index (χ1v) is 8.78. The second kappa shape index (κ2) is 6.07. The molecule has 1 aliphatic heterocycles. The molecule has 2 fully saturated rings. The molecule has 0 aromatic rings. The molecule has 0 bridgehead atoms. The number of hydrogen-bond acceptors (Lipinski definition) is 2. The van der Waals surface area contributed by atoms with E-state index in [4.69, 9.17) is 11.6 Å². The predicted octanol–water partition coefficient (Wildman–Crippen LogP) is 2.10. The first-order chi connectivity index (χ1) is 8.49. The highest BCUT2D eigenvalue weighted by atomic mass is 35.5. The molecule has 0 spiro atoms. The highest BCUT2D eigenvalue weighted by Gasteiger charge is 2.32. The summed E-state index contributed by atoms with van der Waals surface area (Å²) in [7, 11) is -3.34. The normalized spacial score (nSPS) is 32.6. The van der Waals surface area contributed by atoms with Gasteiger partial charge in [0.05, 0.1) is 0 Å². The van der Waals surface area contributed by atoms with Gasteiger partial charge in [-0.15, -0.1) is 11.6 Å². The van der Waals surface area contributed by atoms with E-state index in [-0.39, 0.29) is 11.4 Å². The summed E-state index contributed by atoms with van der Waals surface area (Å²) in [5.74, 6) is 0.631. The largest absolute Gasteiger partial charge is 0.279 e. The lowest BCUT2D eigenvalue weighted by Gasteiger charge is -2.33. The number of nitrogens with one attached hydrogen (secondary N) is 1. The molecular weight excluding hydrogens is 272 g/mol. The van der Waals surface area contributed by atoms with Crippen LogP contribution >= 0.6 is 11.6 Å². The van der Waals surface area contributed by atoms with E-state index >= 15 is 0 Å². The van der Waals surface area contributed by atoms with Crippen LogP contribution in [0, 0.1) is 5.92 Å². The second-order valence-corrected chi connectivity index (χ2v) is 7.87. The predicted molar refractivity (Wildman–Crippen MR) is 73.9 cm³/mol. The fourth-order valence-corrected chi connectivity index (χ4v) is 4.63. The van der Waals surface area contributed by atoms with Crippen molar-refractivity contribution >= 4 is 21.8 Å². The summed E-state index contributed by atoms with van der Waals surface area (Å²) in [5.41, 5.74) is 0. The van der Waals surface area contributed by atoms with E-state index in [1.54, 1.807) is 4.31 Å². The van der Waals surface area contributed by atoms with E-state index in [2.05, 4.69) is 11.6 Å². The zero-order chi connectivity index (χ0) is 13.2. The Balaban J connectivity index is 1.94. The van der Waals surface area contributed by atoms with E-state index in [0.29, 0.717) is 19.0 Å². The Morgan fingerprint density at radius 3 is 2.33 bits per heavy atom. The van der Waals surface area contributed by atoms with E-state index in [1.165, 1.54) is 0 Å². The molecule has 1 saturated carbocycles. The van der Waals surface area contributed by atoms with Gasteiger partial charge in [-0.05, 0) is 31.6 Å². The standard InChI is InChI=1S/C12H23ClN2O2S/c1-10-6-8-15(9-7-10)18(16,17)14-12-5-3-2-4-11(12)13/h10-12,14H,2-9H2,1H3. The van der Waals surface area contributed by atoms with Crippen LogP contribution in [0.25, 0.3) is 0 Å². The molecule has 1 N–H and O–H groups in total. The first kappa shape index (κ1) is 14.6. The van der Waals surface area contributed by atoms with Crippen LogP contribution in [0.1, 0.15) is 45.4 Å². The number of alkyl halides is 1. The molecule has 1 aliphatic carbocycles. The molecule has 2 aliphatic rings. The SMILES string of the molecule is CC1CCN(S(=O)(=O)NC2CCCCC2Cl)CC1. The van der Waals surface area contributed by atoms with Crippen LogP contribution in [0.4, 0.5) is 0 Å². The number of nitrogens with zero attached hydrogens (tertiary/aromatic N) is 1. The van der Waals surface area contributed by atoms with E-state index < -0.39 is 10.2 Å². The average Bonchev–Trinajstić information content (AvgIpc) is 2.32. The van der Waals surface area contributed by atoms with Gasteiger partial charge in [0.25, 0.3) is 10.2 Å². The van der Waals surface area contributed by atoms with Gasteiger partial charge in [-0.3, -0.25) is 0 Å². The molecule has 2 atom stereocenters. The molecule has 2 rings (SSSR count). The molecule has 4 nitrogen and oxygen atoms in total. The van der Waals surface area contributed by atoms with Gasteiger partial charge in [-0.1, -0.05) is 19.8 Å². The monoisotopic (exact) mass is 294 g/mol. The number of halogens is 1. The highest BCUT2D eigenvalue weighted by molar-refractivity contribution is 7.87. The Labute approximate surface area is 115 Å². The van der Waals surface area contributed by atoms with Crippen molar-refractivity contribution in [2.75, 3.05) is 13.1 Å². The summed E-state index contributed by atoms with van der Waals surface area (Å²) in [6.07, 6.45) is 5.84. The van der Waals surface area contributed by atoms with E-state index in [9.17, 15) is 8.42 Å². The molecule has 0 aromatic heterocycles. The summed E-state index contributed by atoms with van der Waals surface area (Å²) < 4.78 is 28.9. The maximum atomic E-state index is 12.3. The molecule has 0 amide bonds. The lowest BCUT2D eigenvalue weighted by Crippen LogP contribution is -2.51. The van der Waals surface area contributed by atoms with Crippen LogP contribution in [0.2, 0.25) is 0 Å². The van der Waals surface area contributed by atoms with Crippen molar-refractivity contribution in [3.63, 3.8) is 0 Å². The molecule has 0 radical (unpaired) electrons. The Bertz CT molecular complexity index is 366. The van der Waals surface area contributed by atoms with Crippen molar-refractivity contribution in [1.82, 2.24) is 9.03 Å². The fraction of sp³-hybridized carbons (Fsp3) is 1.00. The lowest BCUT2D eigenvalue weighted by atomic mass is 9.96. The third-order valence-electron chi connectivity index (χ3n) is 4.06. The summed E-state index contributed by atoms with van der Waals surface area (Å²) in [6, 6.07) is -0.0928. The summed E-state index contributed by atoms with van der Waals surface area (Å²) in [6.45, 7) is 3.44. The van der Waals surface area contributed by atoms with Gasteiger partial charge in [0.15, 0.2) is 0 Å². The quantitative estimate of drug-likeness (QED) is 0.811. The summed E-state index contributed by atoms with van der Waals surface area (Å²) >= 11 is 6.21. The van der Waals surface area contributed by atoms with Crippen LogP contribution in [-0.2, 0) is 10.2 Å². The minimum atomic E-state index is -3.34. The van der Waals surface area contributed by atoms with E-state index in [1.807, 2.05) is 0 Å². The summed E-state index contributed by atoms with van der Waals surface area (Å²) in [4.78, 5) is 0. The number of rotatable bonds is 3. The second-order valence-electron chi connectivity index (χ2n) is 5.61. The Morgan fingerprint density at radius 1 is 1.11 bits per heavy atom. The third-order valence-corrected chi connectivity index (χ3v) is 6.23.